The number of ether oxygens (including phenoxy) is 1. The Bertz CT molecular complexity index is 605. The van der Waals surface area contributed by atoms with Crippen molar-refractivity contribution in [1.29, 1.82) is 0 Å². The Labute approximate surface area is 126 Å². The lowest BCUT2D eigenvalue weighted by molar-refractivity contribution is 0.0602. The summed E-state index contributed by atoms with van der Waals surface area (Å²) in [4.78, 5) is 12.0. The molecule has 0 aromatic heterocycles. The van der Waals surface area contributed by atoms with Gasteiger partial charge in [-0.25, -0.2) is 4.79 Å². The van der Waals surface area contributed by atoms with Crippen LogP contribution in [-0.2, 0) is 11.2 Å². The third-order valence-electron chi connectivity index (χ3n) is 3.85. The SMILES string of the molecule is COC(=O)c1cc(CCCN)c2ccc(C(C)C)ccc1-2. The van der Waals surface area contributed by atoms with Crippen molar-refractivity contribution in [2.24, 2.45) is 5.73 Å². The van der Waals surface area contributed by atoms with E-state index in [2.05, 4.69) is 32.0 Å². The molecule has 0 amide bonds. The van der Waals surface area contributed by atoms with Gasteiger partial charge in [-0.1, -0.05) is 38.1 Å². The van der Waals surface area contributed by atoms with Gasteiger partial charge in [-0.3, -0.25) is 0 Å². The number of hydrogen-bond donors (Lipinski definition) is 1. The van der Waals surface area contributed by atoms with E-state index in [-0.39, 0.29) is 5.97 Å². The van der Waals surface area contributed by atoms with E-state index in [1.165, 1.54) is 18.2 Å². The van der Waals surface area contributed by atoms with Crippen LogP contribution in [0.5, 0.6) is 0 Å². The lowest BCUT2D eigenvalue weighted by Gasteiger charge is -2.01. The van der Waals surface area contributed by atoms with Crippen molar-refractivity contribution in [1.82, 2.24) is 0 Å². The first kappa shape index (κ1) is 15.5. The second-order valence-corrected chi connectivity index (χ2v) is 5.62. The predicted octanol–water partition coefficient (Wildman–Crippen LogP) is 3.59. The van der Waals surface area contributed by atoms with Crippen LogP contribution in [0.25, 0.3) is 11.1 Å². The maximum Gasteiger partial charge on any atom is 0.338 e. The zero-order valence-electron chi connectivity index (χ0n) is 13.0. The Morgan fingerprint density at radius 1 is 1.19 bits per heavy atom. The molecule has 112 valence electrons. The fourth-order valence-electron chi connectivity index (χ4n) is 2.60. The van der Waals surface area contributed by atoms with Gasteiger partial charge in [0.25, 0.3) is 0 Å². The van der Waals surface area contributed by atoms with E-state index in [1.807, 2.05) is 12.1 Å². The molecule has 2 N–H and O–H groups in total. The van der Waals surface area contributed by atoms with Crippen molar-refractivity contribution in [2.45, 2.75) is 32.6 Å². The third-order valence-corrected chi connectivity index (χ3v) is 3.85. The smallest absolute Gasteiger partial charge is 0.338 e. The highest BCUT2D eigenvalue weighted by atomic mass is 16.5. The van der Waals surface area contributed by atoms with Crippen LogP contribution in [0.4, 0.5) is 0 Å². The minimum Gasteiger partial charge on any atom is -0.465 e. The van der Waals surface area contributed by atoms with Crippen LogP contribution < -0.4 is 5.73 Å². The average molecular weight is 285 g/mol. The average Bonchev–Trinajstić information content (AvgIpc) is 2.67. The Kier molecular flexibility index (Phi) is 4.97. The maximum atomic E-state index is 12.0. The molecular weight excluding hydrogens is 262 g/mol. The van der Waals surface area contributed by atoms with Crippen LogP contribution in [0.15, 0.2) is 30.3 Å². The van der Waals surface area contributed by atoms with E-state index in [9.17, 15) is 4.79 Å². The first-order valence-corrected chi connectivity index (χ1v) is 7.42. The number of hydrogen-bond acceptors (Lipinski definition) is 3. The van der Waals surface area contributed by atoms with Crippen molar-refractivity contribution in [3.05, 3.63) is 47.0 Å². The summed E-state index contributed by atoms with van der Waals surface area (Å²) in [5, 5.41) is 0. The van der Waals surface area contributed by atoms with Crippen LogP contribution in [0, 0.1) is 0 Å². The van der Waals surface area contributed by atoms with Crippen LogP contribution in [0.2, 0.25) is 0 Å². The third kappa shape index (κ3) is 3.24. The zero-order chi connectivity index (χ0) is 15.4. The molecule has 0 saturated carbocycles. The second kappa shape index (κ2) is 6.72. The van der Waals surface area contributed by atoms with E-state index in [0.29, 0.717) is 18.0 Å². The molecule has 21 heavy (non-hydrogen) atoms. The quantitative estimate of drug-likeness (QED) is 0.854. The fraction of sp³-hybridized carbons (Fsp3) is 0.389. The van der Waals surface area contributed by atoms with Crippen LogP contribution in [-0.4, -0.2) is 19.6 Å². The summed E-state index contributed by atoms with van der Waals surface area (Å²) in [6, 6.07) is 10.3. The molecule has 3 nitrogen and oxygen atoms in total. The summed E-state index contributed by atoms with van der Waals surface area (Å²) in [6.07, 6.45) is 1.79. The fourth-order valence-corrected chi connectivity index (χ4v) is 2.60. The highest BCUT2D eigenvalue weighted by Crippen LogP contribution is 2.34. The molecule has 2 aliphatic rings. The number of rotatable bonds is 5. The number of carbonyl (C=O) groups excluding carboxylic acids is 1. The normalized spacial score (nSPS) is 11.1. The monoisotopic (exact) mass is 285 g/mol. The molecule has 0 fully saturated rings. The molecule has 0 unspecified atom stereocenters. The number of methoxy groups -OCH3 is 1. The Morgan fingerprint density at radius 3 is 2.43 bits per heavy atom. The summed E-state index contributed by atoms with van der Waals surface area (Å²) in [6.45, 7) is 4.98. The summed E-state index contributed by atoms with van der Waals surface area (Å²) < 4.78 is 4.91. The largest absolute Gasteiger partial charge is 0.465 e. The molecular formula is C18H23NO2. The molecule has 0 atom stereocenters. The van der Waals surface area contributed by atoms with E-state index >= 15 is 0 Å². The number of carbonyl (C=O) groups is 1. The van der Waals surface area contributed by atoms with E-state index in [4.69, 9.17) is 10.5 Å². The molecule has 0 heterocycles. The van der Waals surface area contributed by atoms with Gasteiger partial charge in [0, 0.05) is 0 Å². The van der Waals surface area contributed by atoms with E-state index in [0.717, 1.165) is 24.0 Å². The van der Waals surface area contributed by atoms with Gasteiger partial charge < -0.3 is 10.5 Å². The van der Waals surface area contributed by atoms with Gasteiger partial charge in [0.15, 0.2) is 0 Å². The van der Waals surface area contributed by atoms with Crippen LogP contribution in [0.1, 0.15) is 47.7 Å². The van der Waals surface area contributed by atoms with E-state index < -0.39 is 0 Å². The van der Waals surface area contributed by atoms with Crippen molar-refractivity contribution in [3.63, 3.8) is 0 Å². The molecule has 0 aliphatic heterocycles. The maximum absolute atomic E-state index is 12.0. The molecule has 0 radical (unpaired) electrons. The summed E-state index contributed by atoms with van der Waals surface area (Å²) in [5.41, 5.74) is 10.8. The molecule has 2 aliphatic carbocycles. The van der Waals surface area contributed by atoms with Crippen LogP contribution in [0.3, 0.4) is 0 Å². The first-order valence-electron chi connectivity index (χ1n) is 7.42. The molecule has 2 rings (SSSR count). The number of aryl methyl sites for hydroxylation is 1. The summed E-state index contributed by atoms with van der Waals surface area (Å²) >= 11 is 0. The predicted molar refractivity (Wildman–Crippen MR) is 85.9 cm³/mol. The molecule has 0 aromatic carbocycles. The Morgan fingerprint density at radius 2 is 1.86 bits per heavy atom. The second-order valence-electron chi connectivity index (χ2n) is 5.62. The van der Waals surface area contributed by atoms with Gasteiger partial charge in [0.1, 0.15) is 0 Å². The van der Waals surface area contributed by atoms with E-state index in [1.54, 1.807) is 0 Å². The number of nitrogens with two attached hydrogens (primary N) is 1. The van der Waals surface area contributed by atoms with Crippen molar-refractivity contribution in [2.75, 3.05) is 13.7 Å². The van der Waals surface area contributed by atoms with Crippen LogP contribution >= 0.6 is 0 Å². The van der Waals surface area contributed by atoms with Gasteiger partial charge in [-0.05, 0) is 53.6 Å². The van der Waals surface area contributed by atoms with Gasteiger partial charge in [0.2, 0.25) is 0 Å². The minimum absolute atomic E-state index is 0.281. The summed E-state index contributed by atoms with van der Waals surface area (Å²) in [5.74, 6) is 0.173. The number of esters is 1. The Balaban J connectivity index is 2.56. The van der Waals surface area contributed by atoms with Gasteiger partial charge in [0.05, 0.1) is 12.7 Å². The standard InChI is InChI=1S/C18H23NO2/c1-12(2)13-6-8-15-14(5-4-10-19)11-17(18(20)21-3)16(15)9-7-13/h6-9,11-12H,4-5,10,19H2,1-3H3. The van der Waals surface area contributed by atoms with Crippen molar-refractivity contribution < 1.29 is 9.53 Å². The highest BCUT2D eigenvalue weighted by Gasteiger charge is 2.20. The molecule has 0 saturated heterocycles. The highest BCUT2D eigenvalue weighted by molar-refractivity contribution is 6.00. The van der Waals surface area contributed by atoms with Gasteiger partial charge in [-0.15, -0.1) is 0 Å². The zero-order valence-corrected chi connectivity index (χ0v) is 13.0. The molecule has 0 aromatic rings. The van der Waals surface area contributed by atoms with Gasteiger partial charge >= 0.3 is 5.97 Å². The lowest BCUT2D eigenvalue weighted by atomic mass is 10.0. The Hall–Kier alpha value is -1.87. The topological polar surface area (TPSA) is 52.3 Å². The molecule has 3 heteroatoms. The molecule has 0 bridgehead atoms. The summed E-state index contributed by atoms with van der Waals surface area (Å²) in [7, 11) is 1.42. The first-order chi connectivity index (χ1) is 10.1. The number of fused-ring (bicyclic) bond motifs is 1. The molecule has 0 spiro atoms. The van der Waals surface area contributed by atoms with Gasteiger partial charge in [-0.2, -0.15) is 0 Å². The van der Waals surface area contributed by atoms with Crippen molar-refractivity contribution in [3.8, 4) is 11.1 Å². The minimum atomic E-state index is -0.281. The lowest BCUT2D eigenvalue weighted by Crippen LogP contribution is -2.00. The van der Waals surface area contributed by atoms with Crippen molar-refractivity contribution >= 4 is 5.97 Å².